The van der Waals surface area contributed by atoms with Crippen molar-refractivity contribution < 1.29 is 17.9 Å². The third kappa shape index (κ3) is 5.68. The standard InChI is InChI=1S/C24H31N3O4S/c28-24(25-19-21-4-8-22(9-5-21)26-14-16-31-17-15-26)18-20-6-10-23(11-7-20)32(29,30)27-12-2-1-3-13-27/h4-11H,1-3,12-19H2,(H,25,28). The van der Waals surface area contributed by atoms with Crippen LogP contribution in [0.4, 0.5) is 5.69 Å². The number of piperidine rings is 1. The van der Waals surface area contributed by atoms with Gasteiger partial charge in [-0.05, 0) is 48.2 Å². The van der Waals surface area contributed by atoms with Crippen molar-refractivity contribution in [2.75, 3.05) is 44.3 Å². The maximum absolute atomic E-state index is 12.7. The molecule has 0 radical (unpaired) electrons. The predicted octanol–water partition coefficient (Wildman–Crippen LogP) is 2.56. The van der Waals surface area contributed by atoms with Gasteiger partial charge in [-0.3, -0.25) is 4.79 Å². The smallest absolute Gasteiger partial charge is 0.243 e. The van der Waals surface area contributed by atoms with Gasteiger partial charge < -0.3 is 15.0 Å². The zero-order chi connectivity index (χ0) is 22.4. The number of morpholine rings is 1. The van der Waals surface area contributed by atoms with Crippen molar-refractivity contribution in [3.05, 3.63) is 59.7 Å². The minimum atomic E-state index is -3.44. The Kier molecular flexibility index (Phi) is 7.44. The van der Waals surface area contributed by atoms with Crippen molar-refractivity contribution in [3.63, 3.8) is 0 Å². The van der Waals surface area contributed by atoms with Gasteiger partial charge >= 0.3 is 0 Å². The summed E-state index contributed by atoms with van der Waals surface area (Å²) in [6.07, 6.45) is 3.12. The van der Waals surface area contributed by atoms with Crippen LogP contribution >= 0.6 is 0 Å². The highest BCUT2D eigenvalue weighted by Gasteiger charge is 2.25. The lowest BCUT2D eigenvalue weighted by Gasteiger charge is -2.28. The second-order valence-corrected chi connectivity index (χ2v) is 10.3. The molecular weight excluding hydrogens is 426 g/mol. The average Bonchev–Trinajstić information content (AvgIpc) is 2.84. The van der Waals surface area contributed by atoms with E-state index in [0.717, 1.165) is 56.7 Å². The molecule has 172 valence electrons. The molecule has 2 aromatic carbocycles. The Balaban J connectivity index is 1.27. The zero-order valence-corrected chi connectivity index (χ0v) is 19.1. The molecule has 2 aliphatic rings. The Labute approximate surface area is 190 Å². The van der Waals surface area contributed by atoms with E-state index in [-0.39, 0.29) is 12.3 Å². The van der Waals surface area contributed by atoms with E-state index in [4.69, 9.17) is 4.74 Å². The van der Waals surface area contributed by atoms with E-state index < -0.39 is 10.0 Å². The first-order valence-electron chi connectivity index (χ1n) is 11.3. The van der Waals surface area contributed by atoms with Crippen molar-refractivity contribution >= 4 is 21.6 Å². The number of ether oxygens (including phenoxy) is 1. The van der Waals surface area contributed by atoms with Crippen molar-refractivity contribution in [2.45, 2.75) is 37.1 Å². The van der Waals surface area contributed by atoms with Crippen molar-refractivity contribution in [2.24, 2.45) is 0 Å². The predicted molar refractivity (Wildman–Crippen MR) is 124 cm³/mol. The summed E-state index contributed by atoms with van der Waals surface area (Å²) >= 11 is 0. The third-order valence-corrected chi connectivity index (χ3v) is 7.96. The van der Waals surface area contributed by atoms with Crippen LogP contribution in [0.2, 0.25) is 0 Å². The number of hydrogen-bond acceptors (Lipinski definition) is 5. The van der Waals surface area contributed by atoms with Gasteiger partial charge in [0.2, 0.25) is 15.9 Å². The van der Waals surface area contributed by atoms with Crippen LogP contribution in [-0.4, -0.2) is 58.0 Å². The quantitative estimate of drug-likeness (QED) is 0.691. The number of carbonyl (C=O) groups excluding carboxylic acids is 1. The van der Waals surface area contributed by atoms with E-state index in [9.17, 15) is 13.2 Å². The second kappa shape index (κ2) is 10.5. The number of nitrogens with zero attached hydrogens (tertiary/aromatic N) is 2. The fourth-order valence-electron chi connectivity index (χ4n) is 4.13. The summed E-state index contributed by atoms with van der Waals surface area (Å²) in [4.78, 5) is 15.0. The summed E-state index contributed by atoms with van der Waals surface area (Å²) in [7, 11) is -3.44. The van der Waals surface area contributed by atoms with E-state index in [1.807, 2.05) is 12.1 Å². The average molecular weight is 458 g/mol. The molecule has 0 spiro atoms. The lowest BCUT2D eigenvalue weighted by molar-refractivity contribution is -0.120. The largest absolute Gasteiger partial charge is 0.378 e. The van der Waals surface area contributed by atoms with Crippen molar-refractivity contribution in [1.29, 1.82) is 0 Å². The highest BCUT2D eigenvalue weighted by molar-refractivity contribution is 7.89. The Hall–Kier alpha value is -2.42. The van der Waals surface area contributed by atoms with E-state index in [1.54, 1.807) is 28.6 Å². The monoisotopic (exact) mass is 457 g/mol. The fraction of sp³-hybridized carbons (Fsp3) is 0.458. The number of amides is 1. The van der Waals surface area contributed by atoms with Crippen molar-refractivity contribution in [1.82, 2.24) is 9.62 Å². The fourth-order valence-corrected chi connectivity index (χ4v) is 5.65. The molecule has 0 saturated carbocycles. The van der Waals surface area contributed by atoms with Gasteiger partial charge in [0.05, 0.1) is 24.5 Å². The van der Waals surface area contributed by atoms with E-state index in [1.165, 1.54) is 5.69 Å². The summed E-state index contributed by atoms with van der Waals surface area (Å²) in [6, 6.07) is 14.9. The molecule has 2 heterocycles. The van der Waals surface area contributed by atoms with Gasteiger partial charge in [-0.15, -0.1) is 0 Å². The van der Waals surface area contributed by atoms with Crippen LogP contribution < -0.4 is 10.2 Å². The van der Waals surface area contributed by atoms with Gasteiger partial charge in [-0.25, -0.2) is 8.42 Å². The molecule has 0 bridgehead atoms. The molecule has 1 amide bonds. The molecule has 4 rings (SSSR count). The highest BCUT2D eigenvalue weighted by atomic mass is 32.2. The summed E-state index contributed by atoms with van der Waals surface area (Å²) in [6.45, 7) is 4.93. The molecule has 0 aromatic heterocycles. The number of rotatable bonds is 7. The lowest BCUT2D eigenvalue weighted by atomic mass is 10.1. The summed E-state index contributed by atoms with van der Waals surface area (Å²) < 4.78 is 32.4. The van der Waals surface area contributed by atoms with Gasteiger partial charge in [-0.1, -0.05) is 30.7 Å². The first kappa shape index (κ1) is 22.8. The van der Waals surface area contributed by atoms with Crippen molar-refractivity contribution in [3.8, 4) is 0 Å². The SMILES string of the molecule is O=C(Cc1ccc(S(=O)(=O)N2CCCCC2)cc1)NCc1ccc(N2CCOCC2)cc1. The molecule has 0 aliphatic carbocycles. The Morgan fingerprint density at radius 2 is 1.47 bits per heavy atom. The van der Waals surface area contributed by atoms with Gasteiger partial charge in [0, 0.05) is 38.4 Å². The topological polar surface area (TPSA) is 79.0 Å². The molecule has 32 heavy (non-hydrogen) atoms. The summed E-state index contributed by atoms with van der Waals surface area (Å²) in [5.74, 6) is -0.0890. The second-order valence-electron chi connectivity index (χ2n) is 8.33. The third-order valence-electron chi connectivity index (χ3n) is 6.04. The van der Waals surface area contributed by atoms with Gasteiger partial charge in [0.15, 0.2) is 0 Å². The van der Waals surface area contributed by atoms with E-state index in [2.05, 4.69) is 22.3 Å². The Morgan fingerprint density at radius 3 is 2.12 bits per heavy atom. The van der Waals surface area contributed by atoms with E-state index in [0.29, 0.717) is 24.5 Å². The Bertz CT molecular complexity index is 995. The molecule has 2 aliphatic heterocycles. The number of hydrogen-bond donors (Lipinski definition) is 1. The number of nitrogens with one attached hydrogen (secondary N) is 1. The van der Waals surface area contributed by atoms with Crippen LogP contribution in [0.1, 0.15) is 30.4 Å². The lowest BCUT2D eigenvalue weighted by Crippen LogP contribution is -2.36. The normalized spacial score (nSPS) is 17.8. The first-order chi connectivity index (χ1) is 15.5. The minimum absolute atomic E-state index is 0.0890. The highest BCUT2D eigenvalue weighted by Crippen LogP contribution is 2.21. The molecule has 7 nitrogen and oxygen atoms in total. The molecule has 0 unspecified atom stereocenters. The molecule has 2 fully saturated rings. The van der Waals surface area contributed by atoms with Crippen LogP contribution in [0.5, 0.6) is 0 Å². The van der Waals surface area contributed by atoms with Gasteiger partial charge in [0.25, 0.3) is 0 Å². The summed E-state index contributed by atoms with van der Waals surface area (Å²) in [5, 5.41) is 2.94. The zero-order valence-electron chi connectivity index (χ0n) is 18.3. The molecule has 1 N–H and O–H groups in total. The van der Waals surface area contributed by atoms with Crippen LogP contribution in [0.3, 0.4) is 0 Å². The first-order valence-corrected chi connectivity index (χ1v) is 12.7. The molecule has 2 aromatic rings. The summed E-state index contributed by atoms with van der Waals surface area (Å²) in [5.41, 5.74) is 3.00. The van der Waals surface area contributed by atoms with Crippen LogP contribution in [0.15, 0.2) is 53.4 Å². The molecule has 8 heteroatoms. The number of anilines is 1. The Morgan fingerprint density at radius 1 is 0.844 bits per heavy atom. The van der Waals surface area contributed by atoms with E-state index >= 15 is 0 Å². The number of carbonyl (C=O) groups is 1. The molecule has 0 atom stereocenters. The van der Waals surface area contributed by atoms with Crippen LogP contribution in [-0.2, 0) is 32.5 Å². The number of benzene rings is 2. The molecule has 2 saturated heterocycles. The van der Waals surface area contributed by atoms with Gasteiger partial charge in [0.1, 0.15) is 0 Å². The minimum Gasteiger partial charge on any atom is -0.378 e. The maximum atomic E-state index is 12.7. The molecular formula is C24H31N3O4S. The maximum Gasteiger partial charge on any atom is 0.243 e. The number of sulfonamides is 1. The van der Waals surface area contributed by atoms with Crippen LogP contribution in [0.25, 0.3) is 0 Å². The van der Waals surface area contributed by atoms with Gasteiger partial charge in [-0.2, -0.15) is 4.31 Å². The van der Waals surface area contributed by atoms with Crippen LogP contribution in [0, 0.1) is 0 Å².